The van der Waals surface area contributed by atoms with Gasteiger partial charge in [0.25, 0.3) is 0 Å². The fourth-order valence-corrected chi connectivity index (χ4v) is 5.44. The van der Waals surface area contributed by atoms with Gasteiger partial charge in [-0.25, -0.2) is 0 Å². The smallest absolute Gasteiger partial charge is 0.240 e. The molecule has 0 bridgehead atoms. The second kappa shape index (κ2) is 8.06. The number of amides is 3. The average Bonchev–Trinajstić information content (AvgIpc) is 2.99. The van der Waals surface area contributed by atoms with E-state index in [1.807, 2.05) is 6.07 Å². The SMILES string of the molecule is O=C(CN1C(=O)C2CCCCC2C1=O)NCC1(c2ccccc2)CCCCC1. The number of benzene rings is 1. The maximum Gasteiger partial charge on any atom is 0.240 e. The molecule has 2 aliphatic carbocycles. The van der Waals surface area contributed by atoms with E-state index in [0.717, 1.165) is 51.4 Å². The van der Waals surface area contributed by atoms with Crippen LogP contribution < -0.4 is 5.32 Å². The van der Waals surface area contributed by atoms with Crippen molar-refractivity contribution in [3.8, 4) is 0 Å². The molecule has 2 unspecified atom stereocenters. The number of fused-ring (bicyclic) bond motifs is 1. The van der Waals surface area contributed by atoms with Crippen molar-refractivity contribution in [2.45, 2.75) is 63.2 Å². The molecular weight excluding hydrogens is 352 g/mol. The highest BCUT2D eigenvalue weighted by Crippen LogP contribution is 2.39. The van der Waals surface area contributed by atoms with Crippen LogP contribution in [0.3, 0.4) is 0 Å². The van der Waals surface area contributed by atoms with E-state index >= 15 is 0 Å². The highest BCUT2D eigenvalue weighted by Gasteiger charge is 2.48. The number of hydrogen-bond acceptors (Lipinski definition) is 3. The standard InChI is InChI=1S/C23H30N2O3/c26-20(15-25-21(27)18-11-5-6-12-19(18)22(25)28)24-16-23(13-7-2-8-14-23)17-9-3-1-4-10-17/h1,3-4,9-10,18-19H,2,5-8,11-16H2,(H,24,26). The number of likely N-dealkylation sites (tertiary alicyclic amines) is 1. The van der Waals surface area contributed by atoms with E-state index in [9.17, 15) is 14.4 Å². The Morgan fingerprint density at radius 3 is 2.14 bits per heavy atom. The molecule has 1 aromatic carbocycles. The molecule has 2 saturated carbocycles. The van der Waals surface area contributed by atoms with Crippen LogP contribution in [0.4, 0.5) is 0 Å². The van der Waals surface area contributed by atoms with Gasteiger partial charge in [-0.05, 0) is 31.2 Å². The Labute approximate surface area is 166 Å². The van der Waals surface area contributed by atoms with E-state index in [1.54, 1.807) is 0 Å². The van der Waals surface area contributed by atoms with Gasteiger partial charge >= 0.3 is 0 Å². The Morgan fingerprint density at radius 2 is 1.54 bits per heavy atom. The molecule has 0 aromatic heterocycles. The van der Waals surface area contributed by atoms with E-state index in [2.05, 4.69) is 29.6 Å². The van der Waals surface area contributed by atoms with Gasteiger partial charge in [0.15, 0.2) is 0 Å². The van der Waals surface area contributed by atoms with Gasteiger partial charge in [0.1, 0.15) is 6.54 Å². The van der Waals surface area contributed by atoms with Crippen LogP contribution in [0.5, 0.6) is 0 Å². The lowest BCUT2D eigenvalue weighted by Crippen LogP contribution is -2.46. The summed E-state index contributed by atoms with van der Waals surface area (Å²) in [6.45, 7) is 0.439. The molecule has 1 heterocycles. The topological polar surface area (TPSA) is 66.5 Å². The van der Waals surface area contributed by atoms with Gasteiger partial charge in [-0.15, -0.1) is 0 Å². The third-order valence-electron chi connectivity index (χ3n) is 7.05. The zero-order chi connectivity index (χ0) is 19.6. The minimum absolute atomic E-state index is 0.0395. The third kappa shape index (κ3) is 3.59. The molecule has 1 aliphatic heterocycles. The van der Waals surface area contributed by atoms with Gasteiger partial charge in [0.05, 0.1) is 11.8 Å². The van der Waals surface area contributed by atoms with Crippen LogP contribution in [0.25, 0.3) is 0 Å². The van der Waals surface area contributed by atoms with Crippen LogP contribution in [-0.2, 0) is 19.8 Å². The summed E-state index contributed by atoms with van der Waals surface area (Å²) in [5, 5.41) is 3.06. The highest BCUT2D eigenvalue weighted by molar-refractivity contribution is 6.07. The summed E-state index contributed by atoms with van der Waals surface area (Å²) in [6, 6.07) is 10.4. The molecule has 3 aliphatic rings. The Hall–Kier alpha value is -2.17. The molecule has 150 valence electrons. The van der Waals surface area contributed by atoms with Crippen LogP contribution in [0.2, 0.25) is 0 Å². The summed E-state index contributed by atoms with van der Waals surface area (Å²) in [6.07, 6.45) is 9.25. The number of hydrogen-bond donors (Lipinski definition) is 1. The van der Waals surface area contributed by atoms with Gasteiger partial charge in [-0.1, -0.05) is 62.4 Å². The number of nitrogens with one attached hydrogen (secondary N) is 1. The van der Waals surface area contributed by atoms with E-state index in [4.69, 9.17) is 0 Å². The minimum atomic E-state index is -0.221. The maximum atomic E-state index is 12.7. The van der Waals surface area contributed by atoms with Crippen LogP contribution in [0, 0.1) is 11.8 Å². The molecule has 1 N–H and O–H groups in total. The van der Waals surface area contributed by atoms with Crippen LogP contribution in [-0.4, -0.2) is 35.7 Å². The summed E-state index contributed by atoms with van der Waals surface area (Å²) in [5.74, 6) is -0.882. The molecular formula is C23H30N2O3. The van der Waals surface area contributed by atoms with Crippen molar-refractivity contribution in [3.05, 3.63) is 35.9 Å². The second-order valence-corrected chi connectivity index (χ2v) is 8.74. The maximum absolute atomic E-state index is 12.7. The van der Waals surface area contributed by atoms with Crippen molar-refractivity contribution in [3.63, 3.8) is 0 Å². The predicted molar refractivity (Wildman–Crippen MR) is 106 cm³/mol. The molecule has 4 rings (SSSR count). The summed E-state index contributed by atoms with van der Waals surface area (Å²) < 4.78 is 0. The molecule has 0 spiro atoms. The third-order valence-corrected chi connectivity index (χ3v) is 7.05. The molecule has 0 radical (unpaired) electrons. The first-order valence-corrected chi connectivity index (χ1v) is 10.8. The lowest BCUT2D eigenvalue weighted by atomic mass is 9.69. The first kappa shape index (κ1) is 19.2. The lowest BCUT2D eigenvalue weighted by Gasteiger charge is -2.38. The number of nitrogens with zero attached hydrogens (tertiary/aromatic N) is 1. The minimum Gasteiger partial charge on any atom is -0.354 e. The van der Waals surface area contributed by atoms with Crippen molar-refractivity contribution >= 4 is 17.7 Å². The number of carbonyl (C=O) groups excluding carboxylic acids is 3. The van der Waals surface area contributed by atoms with E-state index in [-0.39, 0.29) is 41.5 Å². The van der Waals surface area contributed by atoms with Crippen molar-refractivity contribution in [2.24, 2.45) is 11.8 Å². The quantitative estimate of drug-likeness (QED) is 0.796. The molecule has 5 nitrogen and oxygen atoms in total. The monoisotopic (exact) mass is 382 g/mol. The Balaban J connectivity index is 1.40. The second-order valence-electron chi connectivity index (χ2n) is 8.74. The van der Waals surface area contributed by atoms with Crippen molar-refractivity contribution < 1.29 is 14.4 Å². The summed E-state index contributed by atoms with van der Waals surface area (Å²) in [5.41, 5.74) is 1.23. The Morgan fingerprint density at radius 1 is 0.929 bits per heavy atom. The van der Waals surface area contributed by atoms with Crippen LogP contribution in [0.15, 0.2) is 30.3 Å². The molecule has 5 heteroatoms. The zero-order valence-electron chi connectivity index (χ0n) is 16.5. The number of carbonyl (C=O) groups is 3. The zero-order valence-corrected chi connectivity index (χ0v) is 16.5. The van der Waals surface area contributed by atoms with Crippen LogP contribution in [0.1, 0.15) is 63.4 Å². The highest BCUT2D eigenvalue weighted by atomic mass is 16.2. The predicted octanol–water partition coefficient (Wildman–Crippen LogP) is 3.18. The summed E-state index contributed by atoms with van der Waals surface area (Å²) in [7, 11) is 0. The van der Waals surface area contributed by atoms with Gasteiger partial charge in [0, 0.05) is 12.0 Å². The van der Waals surface area contributed by atoms with Crippen molar-refractivity contribution in [1.29, 1.82) is 0 Å². The average molecular weight is 383 g/mol. The Bertz CT molecular complexity index is 715. The summed E-state index contributed by atoms with van der Waals surface area (Å²) in [4.78, 5) is 39.1. The molecule has 1 saturated heterocycles. The van der Waals surface area contributed by atoms with E-state index in [1.165, 1.54) is 16.9 Å². The van der Waals surface area contributed by atoms with Gasteiger partial charge in [-0.2, -0.15) is 0 Å². The largest absolute Gasteiger partial charge is 0.354 e. The Kier molecular flexibility index (Phi) is 5.51. The van der Waals surface area contributed by atoms with Crippen molar-refractivity contribution in [1.82, 2.24) is 10.2 Å². The normalized spacial score (nSPS) is 26.8. The van der Waals surface area contributed by atoms with Crippen LogP contribution >= 0.6 is 0 Å². The van der Waals surface area contributed by atoms with Gasteiger partial charge in [-0.3, -0.25) is 19.3 Å². The number of imide groups is 1. The molecule has 3 fully saturated rings. The van der Waals surface area contributed by atoms with E-state index in [0.29, 0.717) is 6.54 Å². The molecule has 2 atom stereocenters. The van der Waals surface area contributed by atoms with Gasteiger partial charge < -0.3 is 5.32 Å². The van der Waals surface area contributed by atoms with Gasteiger partial charge in [0.2, 0.25) is 17.7 Å². The van der Waals surface area contributed by atoms with Crippen molar-refractivity contribution in [2.75, 3.05) is 13.1 Å². The fraction of sp³-hybridized carbons (Fsp3) is 0.609. The molecule has 28 heavy (non-hydrogen) atoms. The lowest BCUT2D eigenvalue weighted by molar-refractivity contribution is -0.143. The molecule has 3 amide bonds. The first-order valence-electron chi connectivity index (χ1n) is 10.8. The molecule has 1 aromatic rings. The number of rotatable bonds is 5. The van der Waals surface area contributed by atoms with E-state index < -0.39 is 0 Å². The first-order chi connectivity index (χ1) is 13.6. The fourth-order valence-electron chi connectivity index (χ4n) is 5.44. The summed E-state index contributed by atoms with van der Waals surface area (Å²) >= 11 is 0.